The van der Waals surface area contributed by atoms with Gasteiger partial charge in [-0.15, -0.1) is 0 Å². The van der Waals surface area contributed by atoms with E-state index < -0.39 is 12.2 Å². The number of aliphatic hydroxyl groups is 2. The molecule has 3 unspecified atom stereocenters. The SMILES string of the molecule is CC(Cc1ccc(C(C)O)cc1)NCC(O)c1ccccc1. The first-order valence-electron chi connectivity index (χ1n) is 7.79. The van der Waals surface area contributed by atoms with Crippen LogP contribution in [0.3, 0.4) is 0 Å². The fourth-order valence-corrected chi connectivity index (χ4v) is 2.46. The van der Waals surface area contributed by atoms with Gasteiger partial charge >= 0.3 is 0 Å². The van der Waals surface area contributed by atoms with E-state index in [0.29, 0.717) is 6.54 Å². The summed E-state index contributed by atoms with van der Waals surface area (Å²) in [6, 6.07) is 18.0. The zero-order valence-electron chi connectivity index (χ0n) is 13.2. The van der Waals surface area contributed by atoms with Crippen LogP contribution in [0.5, 0.6) is 0 Å². The number of benzene rings is 2. The first kappa shape index (κ1) is 16.7. The van der Waals surface area contributed by atoms with Gasteiger partial charge in [-0.05, 0) is 37.0 Å². The molecule has 0 bridgehead atoms. The third kappa shape index (κ3) is 4.95. The lowest BCUT2D eigenvalue weighted by molar-refractivity contribution is 0.170. The Kier molecular flexibility index (Phi) is 6.13. The van der Waals surface area contributed by atoms with Crippen LogP contribution in [0.15, 0.2) is 54.6 Å². The van der Waals surface area contributed by atoms with Crippen molar-refractivity contribution >= 4 is 0 Å². The van der Waals surface area contributed by atoms with Crippen molar-refractivity contribution in [3.05, 3.63) is 71.3 Å². The Morgan fingerprint density at radius 1 is 0.864 bits per heavy atom. The Balaban J connectivity index is 1.81. The highest BCUT2D eigenvalue weighted by Crippen LogP contribution is 2.14. The lowest BCUT2D eigenvalue weighted by Crippen LogP contribution is -2.32. The lowest BCUT2D eigenvalue weighted by atomic mass is 10.0. The summed E-state index contributed by atoms with van der Waals surface area (Å²) in [6.45, 7) is 4.42. The molecular formula is C19H25NO2. The number of rotatable bonds is 7. The quantitative estimate of drug-likeness (QED) is 0.736. The average Bonchev–Trinajstić information content (AvgIpc) is 2.54. The molecular weight excluding hydrogens is 274 g/mol. The van der Waals surface area contributed by atoms with Crippen molar-refractivity contribution in [2.24, 2.45) is 0 Å². The van der Waals surface area contributed by atoms with E-state index in [2.05, 4.69) is 12.2 Å². The Hall–Kier alpha value is -1.68. The van der Waals surface area contributed by atoms with Crippen LogP contribution in [0.1, 0.15) is 42.7 Å². The molecule has 0 aromatic heterocycles. The fraction of sp³-hybridized carbons (Fsp3) is 0.368. The topological polar surface area (TPSA) is 52.5 Å². The number of hydrogen-bond acceptors (Lipinski definition) is 3. The van der Waals surface area contributed by atoms with Crippen LogP contribution in [-0.4, -0.2) is 22.8 Å². The molecule has 0 heterocycles. The van der Waals surface area contributed by atoms with E-state index in [-0.39, 0.29) is 6.04 Å². The third-order valence-electron chi connectivity index (χ3n) is 3.85. The summed E-state index contributed by atoms with van der Waals surface area (Å²) < 4.78 is 0. The van der Waals surface area contributed by atoms with Crippen molar-refractivity contribution in [2.45, 2.75) is 38.5 Å². The summed E-state index contributed by atoms with van der Waals surface area (Å²) in [5.41, 5.74) is 3.09. The predicted molar refractivity (Wildman–Crippen MR) is 89.6 cm³/mol. The highest BCUT2D eigenvalue weighted by molar-refractivity contribution is 5.24. The lowest BCUT2D eigenvalue weighted by Gasteiger charge is -2.18. The van der Waals surface area contributed by atoms with Gasteiger partial charge in [-0.25, -0.2) is 0 Å². The van der Waals surface area contributed by atoms with Crippen LogP contribution in [0, 0.1) is 0 Å². The number of hydrogen-bond donors (Lipinski definition) is 3. The van der Waals surface area contributed by atoms with Crippen LogP contribution >= 0.6 is 0 Å². The van der Waals surface area contributed by atoms with Gasteiger partial charge in [0.05, 0.1) is 12.2 Å². The van der Waals surface area contributed by atoms with Gasteiger partial charge in [0.1, 0.15) is 0 Å². The minimum Gasteiger partial charge on any atom is -0.389 e. The van der Waals surface area contributed by atoms with Gasteiger partial charge in [-0.1, -0.05) is 54.6 Å². The molecule has 118 valence electrons. The van der Waals surface area contributed by atoms with Gasteiger partial charge in [-0.2, -0.15) is 0 Å². The standard InChI is InChI=1S/C19H25NO2/c1-14(12-16-8-10-17(11-9-16)15(2)21)20-13-19(22)18-6-4-3-5-7-18/h3-11,14-15,19-22H,12-13H2,1-2H3. The largest absolute Gasteiger partial charge is 0.389 e. The van der Waals surface area contributed by atoms with Crippen LogP contribution in [-0.2, 0) is 6.42 Å². The van der Waals surface area contributed by atoms with Gasteiger partial charge in [0.15, 0.2) is 0 Å². The second-order valence-corrected chi connectivity index (χ2v) is 5.86. The van der Waals surface area contributed by atoms with Gasteiger partial charge < -0.3 is 15.5 Å². The summed E-state index contributed by atoms with van der Waals surface area (Å²) in [6.07, 6.45) is -0.0198. The molecule has 2 rings (SSSR count). The van der Waals surface area contributed by atoms with Crippen molar-refractivity contribution in [3.8, 4) is 0 Å². The third-order valence-corrected chi connectivity index (χ3v) is 3.85. The first-order chi connectivity index (χ1) is 10.6. The van der Waals surface area contributed by atoms with E-state index in [1.54, 1.807) is 6.92 Å². The van der Waals surface area contributed by atoms with Gasteiger partial charge in [0.25, 0.3) is 0 Å². The predicted octanol–water partition coefficient (Wildman–Crippen LogP) is 2.99. The van der Waals surface area contributed by atoms with Crippen molar-refractivity contribution in [1.29, 1.82) is 0 Å². The number of aliphatic hydroxyl groups excluding tert-OH is 2. The molecule has 3 N–H and O–H groups in total. The van der Waals surface area contributed by atoms with E-state index in [1.807, 2.05) is 54.6 Å². The molecule has 0 aliphatic heterocycles. The summed E-state index contributed by atoms with van der Waals surface area (Å²) >= 11 is 0. The van der Waals surface area contributed by atoms with Gasteiger partial charge in [0, 0.05) is 12.6 Å². The summed E-state index contributed by atoms with van der Waals surface area (Å²) in [4.78, 5) is 0. The Morgan fingerprint density at radius 2 is 1.50 bits per heavy atom. The van der Waals surface area contributed by atoms with E-state index in [0.717, 1.165) is 17.5 Å². The van der Waals surface area contributed by atoms with Gasteiger partial charge in [0.2, 0.25) is 0 Å². The molecule has 0 radical (unpaired) electrons. The van der Waals surface area contributed by atoms with E-state index in [1.165, 1.54) is 5.56 Å². The summed E-state index contributed by atoms with van der Waals surface area (Å²) in [5.74, 6) is 0. The summed E-state index contributed by atoms with van der Waals surface area (Å²) in [7, 11) is 0. The van der Waals surface area contributed by atoms with E-state index in [9.17, 15) is 10.2 Å². The maximum Gasteiger partial charge on any atom is 0.0914 e. The Bertz CT molecular complexity index is 551. The van der Waals surface area contributed by atoms with Crippen molar-refractivity contribution < 1.29 is 10.2 Å². The van der Waals surface area contributed by atoms with Crippen molar-refractivity contribution in [2.75, 3.05) is 6.54 Å². The fourth-order valence-electron chi connectivity index (χ4n) is 2.46. The van der Waals surface area contributed by atoms with E-state index >= 15 is 0 Å². The smallest absolute Gasteiger partial charge is 0.0914 e. The molecule has 3 heteroatoms. The number of nitrogens with one attached hydrogen (secondary N) is 1. The molecule has 3 nitrogen and oxygen atoms in total. The zero-order valence-corrected chi connectivity index (χ0v) is 13.2. The second kappa shape index (κ2) is 8.08. The summed E-state index contributed by atoms with van der Waals surface area (Å²) in [5, 5.41) is 23.0. The van der Waals surface area contributed by atoms with Crippen LogP contribution in [0.4, 0.5) is 0 Å². The molecule has 0 spiro atoms. The maximum absolute atomic E-state index is 10.1. The average molecular weight is 299 g/mol. The Labute approximate surface area is 132 Å². The minimum atomic E-state index is -0.485. The molecule has 0 amide bonds. The van der Waals surface area contributed by atoms with Crippen molar-refractivity contribution in [1.82, 2.24) is 5.32 Å². The second-order valence-electron chi connectivity index (χ2n) is 5.86. The van der Waals surface area contributed by atoms with Crippen LogP contribution in [0.2, 0.25) is 0 Å². The molecule has 22 heavy (non-hydrogen) atoms. The highest BCUT2D eigenvalue weighted by Gasteiger charge is 2.09. The molecule has 0 saturated carbocycles. The molecule has 0 aliphatic rings. The van der Waals surface area contributed by atoms with Crippen LogP contribution in [0.25, 0.3) is 0 Å². The molecule has 3 atom stereocenters. The minimum absolute atomic E-state index is 0.274. The molecule has 2 aromatic carbocycles. The van der Waals surface area contributed by atoms with Crippen molar-refractivity contribution in [3.63, 3.8) is 0 Å². The molecule has 0 aliphatic carbocycles. The monoisotopic (exact) mass is 299 g/mol. The normalized spacial score (nSPS) is 15.3. The first-order valence-corrected chi connectivity index (χ1v) is 7.79. The molecule has 0 fully saturated rings. The Morgan fingerprint density at radius 3 is 2.09 bits per heavy atom. The highest BCUT2D eigenvalue weighted by atomic mass is 16.3. The molecule has 0 saturated heterocycles. The molecule has 2 aromatic rings. The van der Waals surface area contributed by atoms with Crippen LogP contribution < -0.4 is 5.32 Å². The van der Waals surface area contributed by atoms with Gasteiger partial charge in [-0.3, -0.25) is 0 Å². The maximum atomic E-state index is 10.1. The van der Waals surface area contributed by atoms with E-state index in [4.69, 9.17) is 0 Å². The zero-order chi connectivity index (χ0) is 15.9.